The van der Waals surface area contributed by atoms with Gasteiger partial charge >= 0.3 is 6.18 Å². The van der Waals surface area contributed by atoms with E-state index in [2.05, 4.69) is 21.5 Å². The molecule has 2 aliphatic rings. The summed E-state index contributed by atoms with van der Waals surface area (Å²) in [5.74, 6) is -0.0444. The van der Waals surface area contributed by atoms with Crippen molar-refractivity contribution in [3.8, 4) is 0 Å². The van der Waals surface area contributed by atoms with Crippen LogP contribution >= 0.6 is 0 Å². The Labute approximate surface area is 151 Å². The topological polar surface area (TPSA) is 65.2 Å². The number of piperidine rings is 1. The maximum atomic E-state index is 13.0. The van der Waals surface area contributed by atoms with Crippen molar-refractivity contribution in [3.05, 3.63) is 35.4 Å². The number of hydrogen-bond acceptors (Lipinski definition) is 4. The van der Waals surface area contributed by atoms with E-state index in [9.17, 15) is 18.0 Å². The number of carbonyl (C=O) groups excluding carboxylic acids is 1. The lowest BCUT2D eigenvalue weighted by Gasteiger charge is -2.28. The number of nitrogens with one attached hydrogen (secondary N) is 4. The van der Waals surface area contributed by atoms with Crippen LogP contribution in [-0.4, -0.2) is 31.1 Å². The predicted molar refractivity (Wildman–Crippen MR) is 92.1 cm³/mol. The quantitative estimate of drug-likeness (QED) is 0.641. The third-order valence-electron chi connectivity index (χ3n) is 5.17. The second kappa shape index (κ2) is 7.94. The average Bonchev–Trinajstić information content (AvgIpc) is 3.05. The number of fused-ring (bicyclic) bond motifs is 1. The van der Waals surface area contributed by atoms with E-state index in [1.807, 2.05) is 6.92 Å². The SMILES string of the molecule is CCCC(NC(=O)C1NNC2CCNCC21)c1cccc(C(F)(F)F)c1. The molecule has 144 valence electrons. The number of benzene rings is 1. The number of hydrogen-bond donors (Lipinski definition) is 4. The molecule has 1 aromatic rings. The van der Waals surface area contributed by atoms with E-state index in [1.165, 1.54) is 6.07 Å². The molecular formula is C18H25F3N4O. The molecule has 1 aromatic carbocycles. The van der Waals surface area contributed by atoms with Gasteiger partial charge in [-0.25, -0.2) is 5.43 Å². The van der Waals surface area contributed by atoms with E-state index in [4.69, 9.17) is 0 Å². The Balaban J connectivity index is 1.73. The molecule has 0 spiro atoms. The zero-order chi connectivity index (χ0) is 18.7. The number of carbonyl (C=O) groups is 1. The van der Waals surface area contributed by atoms with Crippen molar-refractivity contribution in [2.24, 2.45) is 5.92 Å². The van der Waals surface area contributed by atoms with Crippen LogP contribution in [0.25, 0.3) is 0 Å². The van der Waals surface area contributed by atoms with E-state index in [0.717, 1.165) is 38.1 Å². The standard InChI is InChI=1S/C18H25F3N4O/c1-2-4-14(11-5-3-6-12(9-11)18(19,20)21)23-17(26)16-13-10-22-8-7-15(13)24-25-16/h3,5-6,9,13-16,22,24-25H,2,4,7-8,10H2,1H3,(H,23,26). The van der Waals surface area contributed by atoms with Gasteiger partial charge in [-0.3, -0.25) is 10.2 Å². The molecule has 3 rings (SSSR count). The molecule has 2 saturated heterocycles. The van der Waals surface area contributed by atoms with E-state index < -0.39 is 23.8 Å². The number of amides is 1. The molecule has 0 radical (unpaired) electrons. The predicted octanol–water partition coefficient (Wildman–Crippen LogP) is 2.12. The van der Waals surface area contributed by atoms with Crippen LogP contribution in [0, 0.1) is 5.92 Å². The summed E-state index contributed by atoms with van der Waals surface area (Å²) in [4.78, 5) is 12.8. The second-order valence-electron chi connectivity index (χ2n) is 7.00. The summed E-state index contributed by atoms with van der Waals surface area (Å²) in [7, 11) is 0. The summed E-state index contributed by atoms with van der Waals surface area (Å²) in [5.41, 5.74) is 6.01. The first-order valence-electron chi connectivity index (χ1n) is 9.09. The van der Waals surface area contributed by atoms with Crippen molar-refractivity contribution in [1.82, 2.24) is 21.5 Å². The highest BCUT2D eigenvalue weighted by atomic mass is 19.4. The van der Waals surface area contributed by atoms with Crippen LogP contribution in [0.5, 0.6) is 0 Å². The highest BCUT2D eigenvalue weighted by Crippen LogP contribution is 2.31. The Morgan fingerprint density at radius 1 is 1.35 bits per heavy atom. The Morgan fingerprint density at radius 2 is 2.15 bits per heavy atom. The molecule has 8 heteroatoms. The molecule has 2 fully saturated rings. The van der Waals surface area contributed by atoms with Crippen molar-refractivity contribution >= 4 is 5.91 Å². The zero-order valence-electron chi connectivity index (χ0n) is 14.7. The lowest BCUT2D eigenvalue weighted by Crippen LogP contribution is -2.50. The average molecular weight is 370 g/mol. The highest BCUT2D eigenvalue weighted by molar-refractivity contribution is 5.83. The first-order valence-corrected chi connectivity index (χ1v) is 9.09. The van der Waals surface area contributed by atoms with E-state index in [0.29, 0.717) is 12.0 Å². The van der Waals surface area contributed by atoms with Crippen molar-refractivity contribution in [2.45, 2.75) is 50.5 Å². The van der Waals surface area contributed by atoms with Crippen molar-refractivity contribution in [1.29, 1.82) is 0 Å². The lowest BCUT2D eigenvalue weighted by atomic mass is 9.88. The number of halogens is 3. The van der Waals surface area contributed by atoms with Gasteiger partial charge in [0.1, 0.15) is 6.04 Å². The first kappa shape index (κ1) is 19.1. The molecule has 0 saturated carbocycles. The number of rotatable bonds is 5. The van der Waals surface area contributed by atoms with Crippen LogP contribution in [0.15, 0.2) is 24.3 Å². The number of hydrazine groups is 1. The van der Waals surface area contributed by atoms with Crippen LogP contribution in [-0.2, 0) is 11.0 Å². The van der Waals surface area contributed by atoms with E-state index >= 15 is 0 Å². The minimum absolute atomic E-state index is 0.132. The molecule has 0 aliphatic carbocycles. The van der Waals surface area contributed by atoms with Crippen LogP contribution < -0.4 is 21.5 Å². The van der Waals surface area contributed by atoms with Crippen molar-refractivity contribution in [2.75, 3.05) is 13.1 Å². The van der Waals surface area contributed by atoms with Gasteiger partial charge in [-0.2, -0.15) is 13.2 Å². The van der Waals surface area contributed by atoms with Gasteiger partial charge in [0, 0.05) is 18.5 Å². The van der Waals surface area contributed by atoms with Crippen LogP contribution in [0.1, 0.15) is 43.4 Å². The smallest absolute Gasteiger partial charge is 0.348 e. The summed E-state index contributed by atoms with van der Waals surface area (Å²) in [6.07, 6.45) is -2.12. The number of alkyl halides is 3. The zero-order valence-corrected chi connectivity index (χ0v) is 14.7. The van der Waals surface area contributed by atoms with Crippen molar-refractivity contribution < 1.29 is 18.0 Å². The Kier molecular flexibility index (Phi) is 5.84. The summed E-state index contributed by atoms with van der Waals surface area (Å²) in [6.45, 7) is 3.60. The largest absolute Gasteiger partial charge is 0.416 e. The molecular weight excluding hydrogens is 345 g/mol. The van der Waals surface area contributed by atoms with Gasteiger partial charge in [-0.1, -0.05) is 25.5 Å². The van der Waals surface area contributed by atoms with Gasteiger partial charge in [0.05, 0.1) is 11.6 Å². The third kappa shape index (κ3) is 4.19. The molecule has 1 amide bonds. The Hall–Kier alpha value is -1.64. The summed E-state index contributed by atoms with van der Waals surface area (Å²) >= 11 is 0. The Morgan fingerprint density at radius 3 is 2.88 bits per heavy atom. The minimum atomic E-state index is -4.39. The van der Waals surface area contributed by atoms with Gasteiger partial charge in [-0.05, 0) is 37.1 Å². The maximum Gasteiger partial charge on any atom is 0.416 e. The normalized spacial score (nSPS) is 27.0. The molecule has 4 unspecified atom stereocenters. The summed E-state index contributed by atoms with van der Waals surface area (Å²) in [6, 6.07) is 4.63. The van der Waals surface area contributed by atoms with Crippen LogP contribution in [0.2, 0.25) is 0 Å². The molecule has 5 nitrogen and oxygen atoms in total. The molecule has 2 heterocycles. The molecule has 0 aromatic heterocycles. The third-order valence-corrected chi connectivity index (χ3v) is 5.17. The van der Waals surface area contributed by atoms with Gasteiger partial charge in [-0.15, -0.1) is 0 Å². The fraction of sp³-hybridized carbons (Fsp3) is 0.611. The maximum absolute atomic E-state index is 13.0. The molecule has 2 aliphatic heterocycles. The fourth-order valence-corrected chi connectivity index (χ4v) is 3.78. The van der Waals surface area contributed by atoms with Crippen LogP contribution in [0.4, 0.5) is 13.2 Å². The van der Waals surface area contributed by atoms with Gasteiger partial charge in [0.15, 0.2) is 0 Å². The van der Waals surface area contributed by atoms with Gasteiger partial charge < -0.3 is 10.6 Å². The highest BCUT2D eigenvalue weighted by Gasteiger charge is 2.41. The van der Waals surface area contributed by atoms with E-state index in [1.54, 1.807) is 6.07 Å². The van der Waals surface area contributed by atoms with Gasteiger partial charge in [0.2, 0.25) is 5.91 Å². The van der Waals surface area contributed by atoms with Crippen LogP contribution in [0.3, 0.4) is 0 Å². The lowest BCUT2D eigenvalue weighted by molar-refractivity contribution is -0.137. The first-order chi connectivity index (χ1) is 12.4. The summed E-state index contributed by atoms with van der Waals surface area (Å²) < 4.78 is 39.0. The monoisotopic (exact) mass is 370 g/mol. The van der Waals surface area contributed by atoms with Crippen molar-refractivity contribution in [3.63, 3.8) is 0 Å². The van der Waals surface area contributed by atoms with E-state index in [-0.39, 0.29) is 17.9 Å². The van der Waals surface area contributed by atoms with Gasteiger partial charge in [0.25, 0.3) is 0 Å². The second-order valence-corrected chi connectivity index (χ2v) is 7.00. The summed E-state index contributed by atoms with van der Waals surface area (Å²) in [5, 5.41) is 6.24. The molecule has 0 bridgehead atoms. The fourth-order valence-electron chi connectivity index (χ4n) is 3.78. The molecule has 4 N–H and O–H groups in total. The molecule has 4 atom stereocenters. The Bertz CT molecular complexity index is 637. The molecule has 26 heavy (non-hydrogen) atoms. The minimum Gasteiger partial charge on any atom is -0.348 e.